The van der Waals surface area contributed by atoms with E-state index in [4.69, 9.17) is 28.3 Å². The third kappa shape index (κ3) is 4.83. The first-order valence-electron chi connectivity index (χ1n) is 8.42. The number of rotatable bonds is 8. The molecule has 1 aromatic heterocycles. The van der Waals surface area contributed by atoms with E-state index in [1.54, 1.807) is 10.9 Å². The van der Waals surface area contributed by atoms with Gasteiger partial charge >= 0.3 is 0 Å². The van der Waals surface area contributed by atoms with Crippen molar-refractivity contribution in [2.75, 3.05) is 13.2 Å². The Kier molecular flexibility index (Phi) is 6.63. The van der Waals surface area contributed by atoms with E-state index in [1.165, 1.54) is 0 Å². The van der Waals surface area contributed by atoms with E-state index in [1.807, 2.05) is 42.5 Å². The van der Waals surface area contributed by atoms with Crippen molar-refractivity contribution in [2.24, 2.45) is 0 Å². The first kappa shape index (κ1) is 18.9. The average molecular weight is 391 g/mol. The molecule has 3 rings (SSSR count). The van der Waals surface area contributed by atoms with Crippen molar-refractivity contribution in [3.8, 4) is 11.3 Å². The van der Waals surface area contributed by atoms with Gasteiger partial charge in [0, 0.05) is 18.7 Å². The van der Waals surface area contributed by atoms with Crippen molar-refractivity contribution in [1.82, 2.24) is 20.3 Å². The van der Waals surface area contributed by atoms with Crippen LogP contribution in [-0.4, -0.2) is 33.3 Å². The molecule has 0 aliphatic heterocycles. The summed E-state index contributed by atoms with van der Waals surface area (Å²) in [6.45, 7) is 1.99. The fourth-order valence-corrected chi connectivity index (χ4v) is 2.93. The van der Waals surface area contributed by atoms with Crippen molar-refractivity contribution in [1.29, 1.82) is 0 Å². The third-order valence-corrected chi connectivity index (χ3v) is 4.62. The molecule has 0 fully saturated rings. The summed E-state index contributed by atoms with van der Waals surface area (Å²) in [5.74, 6) is 0. The molecule has 26 heavy (non-hydrogen) atoms. The molecule has 2 N–H and O–H groups in total. The molecular weight excluding hydrogens is 371 g/mol. The summed E-state index contributed by atoms with van der Waals surface area (Å²) in [6, 6.07) is 15.5. The van der Waals surface area contributed by atoms with E-state index in [-0.39, 0.29) is 6.61 Å². The molecule has 5 nitrogen and oxygen atoms in total. The van der Waals surface area contributed by atoms with Gasteiger partial charge < -0.3 is 10.4 Å². The number of benzene rings is 2. The molecule has 0 aliphatic rings. The van der Waals surface area contributed by atoms with Gasteiger partial charge in [0.2, 0.25) is 0 Å². The standard InChI is InChI=1S/C19H20Cl2N4O/c20-16-8-7-14(11-17(16)21)13-25-23-18(12-22-9-4-10-26)19(24-25)15-5-2-1-3-6-15/h1-3,5-8,11,22,26H,4,9-10,12-13H2. The lowest BCUT2D eigenvalue weighted by molar-refractivity contribution is 0.286. The molecule has 0 saturated carbocycles. The van der Waals surface area contributed by atoms with Gasteiger partial charge in [-0.25, -0.2) is 0 Å². The van der Waals surface area contributed by atoms with Crippen LogP contribution < -0.4 is 5.32 Å². The van der Waals surface area contributed by atoms with E-state index in [0.717, 1.165) is 29.1 Å². The van der Waals surface area contributed by atoms with Gasteiger partial charge in [-0.3, -0.25) is 0 Å². The van der Waals surface area contributed by atoms with E-state index in [2.05, 4.69) is 15.5 Å². The second-order valence-corrected chi connectivity index (χ2v) is 6.71. The molecule has 7 heteroatoms. The topological polar surface area (TPSA) is 63.0 Å². The average Bonchev–Trinajstić information content (AvgIpc) is 3.05. The molecule has 0 spiro atoms. The van der Waals surface area contributed by atoms with Crippen LogP contribution in [0.1, 0.15) is 17.7 Å². The lowest BCUT2D eigenvalue weighted by Gasteiger charge is -2.03. The quantitative estimate of drug-likeness (QED) is 0.574. The van der Waals surface area contributed by atoms with Crippen molar-refractivity contribution in [2.45, 2.75) is 19.5 Å². The Morgan fingerprint density at radius 1 is 1.00 bits per heavy atom. The van der Waals surface area contributed by atoms with Gasteiger partial charge in [-0.1, -0.05) is 59.6 Å². The zero-order valence-electron chi connectivity index (χ0n) is 14.2. The monoisotopic (exact) mass is 390 g/mol. The number of halogens is 2. The van der Waals surface area contributed by atoms with Gasteiger partial charge in [-0.2, -0.15) is 15.0 Å². The number of hydrogen-bond acceptors (Lipinski definition) is 4. The predicted molar refractivity (Wildman–Crippen MR) is 104 cm³/mol. The fourth-order valence-electron chi connectivity index (χ4n) is 2.60. The molecule has 1 heterocycles. The van der Waals surface area contributed by atoms with E-state index >= 15 is 0 Å². The van der Waals surface area contributed by atoms with Crippen LogP contribution in [0, 0.1) is 0 Å². The highest BCUT2D eigenvalue weighted by Crippen LogP contribution is 2.24. The molecule has 2 aromatic carbocycles. The summed E-state index contributed by atoms with van der Waals surface area (Å²) in [5, 5.41) is 22.6. The van der Waals surface area contributed by atoms with Crippen LogP contribution in [0.5, 0.6) is 0 Å². The third-order valence-electron chi connectivity index (χ3n) is 3.88. The number of aliphatic hydroxyl groups excluding tert-OH is 1. The number of nitrogens with zero attached hydrogens (tertiary/aromatic N) is 3. The van der Waals surface area contributed by atoms with E-state index < -0.39 is 0 Å². The first-order chi connectivity index (χ1) is 12.7. The van der Waals surface area contributed by atoms with E-state index in [9.17, 15) is 0 Å². The number of aromatic nitrogens is 3. The van der Waals surface area contributed by atoms with Crippen molar-refractivity contribution in [3.05, 3.63) is 69.8 Å². The number of aliphatic hydroxyl groups is 1. The SMILES string of the molecule is OCCCNCc1nn(Cc2ccc(Cl)c(Cl)c2)nc1-c1ccccc1. The minimum atomic E-state index is 0.169. The van der Waals surface area contributed by atoms with Gasteiger partial charge in [0.1, 0.15) is 11.4 Å². The molecule has 136 valence electrons. The highest BCUT2D eigenvalue weighted by atomic mass is 35.5. The highest BCUT2D eigenvalue weighted by Gasteiger charge is 2.13. The summed E-state index contributed by atoms with van der Waals surface area (Å²) in [7, 11) is 0. The Morgan fingerprint density at radius 3 is 2.54 bits per heavy atom. The van der Waals surface area contributed by atoms with Crippen LogP contribution in [0.4, 0.5) is 0 Å². The molecule has 3 aromatic rings. The molecule has 0 saturated heterocycles. The van der Waals surface area contributed by atoms with Crippen LogP contribution in [0.2, 0.25) is 10.0 Å². The normalized spacial score (nSPS) is 11.0. The Bertz CT molecular complexity index is 852. The van der Waals surface area contributed by atoms with Crippen LogP contribution in [0.25, 0.3) is 11.3 Å². The molecule has 0 atom stereocenters. The van der Waals surface area contributed by atoms with Gasteiger partial charge in [0.25, 0.3) is 0 Å². The Labute approximate surface area is 162 Å². The summed E-state index contributed by atoms with van der Waals surface area (Å²) >= 11 is 12.1. The number of nitrogens with one attached hydrogen (secondary N) is 1. The molecule has 0 radical (unpaired) electrons. The summed E-state index contributed by atoms with van der Waals surface area (Å²) in [6.07, 6.45) is 0.706. The van der Waals surface area contributed by atoms with E-state index in [0.29, 0.717) is 29.6 Å². The summed E-state index contributed by atoms with van der Waals surface area (Å²) in [4.78, 5) is 1.67. The largest absolute Gasteiger partial charge is 0.396 e. The maximum atomic E-state index is 8.91. The molecule has 0 unspecified atom stereocenters. The van der Waals surface area contributed by atoms with Crippen LogP contribution in [0.15, 0.2) is 48.5 Å². The van der Waals surface area contributed by atoms with Gasteiger partial charge in [-0.15, -0.1) is 0 Å². The molecule has 0 aliphatic carbocycles. The molecular formula is C19H20Cl2N4O. The van der Waals surface area contributed by atoms with Crippen molar-refractivity contribution in [3.63, 3.8) is 0 Å². The fraction of sp³-hybridized carbons (Fsp3) is 0.263. The Hall–Kier alpha value is -1.92. The summed E-state index contributed by atoms with van der Waals surface area (Å²) in [5.41, 5.74) is 3.72. The minimum absolute atomic E-state index is 0.169. The maximum Gasteiger partial charge on any atom is 0.117 e. The minimum Gasteiger partial charge on any atom is -0.396 e. The second-order valence-electron chi connectivity index (χ2n) is 5.89. The van der Waals surface area contributed by atoms with Crippen molar-refractivity contribution < 1.29 is 5.11 Å². The zero-order chi connectivity index (χ0) is 18.4. The molecule has 0 amide bonds. The number of hydrogen-bond donors (Lipinski definition) is 2. The van der Waals surface area contributed by atoms with Gasteiger partial charge in [0.15, 0.2) is 0 Å². The Morgan fingerprint density at radius 2 is 1.81 bits per heavy atom. The highest BCUT2D eigenvalue weighted by molar-refractivity contribution is 6.42. The lowest BCUT2D eigenvalue weighted by Crippen LogP contribution is -2.16. The molecule has 0 bridgehead atoms. The Balaban J connectivity index is 1.83. The van der Waals surface area contributed by atoms with Crippen LogP contribution in [0.3, 0.4) is 0 Å². The van der Waals surface area contributed by atoms with Gasteiger partial charge in [0.05, 0.1) is 16.6 Å². The van der Waals surface area contributed by atoms with Crippen LogP contribution in [-0.2, 0) is 13.1 Å². The lowest BCUT2D eigenvalue weighted by atomic mass is 10.1. The zero-order valence-corrected chi connectivity index (χ0v) is 15.7. The summed E-state index contributed by atoms with van der Waals surface area (Å²) < 4.78 is 0. The predicted octanol–water partition coefficient (Wildman–Crippen LogP) is 3.77. The van der Waals surface area contributed by atoms with Crippen molar-refractivity contribution >= 4 is 23.2 Å². The smallest absolute Gasteiger partial charge is 0.117 e. The first-order valence-corrected chi connectivity index (χ1v) is 9.18. The van der Waals surface area contributed by atoms with Gasteiger partial charge in [-0.05, 0) is 30.7 Å². The van der Waals surface area contributed by atoms with Crippen LogP contribution >= 0.6 is 23.2 Å². The maximum absolute atomic E-state index is 8.91. The second kappa shape index (κ2) is 9.14.